The van der Waals surface area contributed by atoms with E-state index in [4.69, 9.17) is 9.47 Å². The van der Waals surface area contributed by atoms with Crippen LogP contribution in [0.3, 0.4) is 0 Å². The van der Waals surface area contributed by atoms with Gasteiger partial charge in [-0.2, -0.15) is 0 Å². The third-order valence-electron chi connectivity index (χ3n) is 4.45. The van der Waals surface area contributed by atoms with Gasteiger partial charge in [0.1, 0.15) is 13.2 Å². The number of amides is 2. The number of ether oxygens (including phenoxy) is 2. The minimum atomic E-state index is -0.302. The molecular formula is C18H19N5O4. The van der Waals surface area contributed by atoms with Gasteiger partial charge in [0.25, 0.3) is 5.91 Å². The summed E-state index contributed by atoms with van der Waals surface area (Å²) < 4.78 is 11.0. The number of benzene rings is 1. The summed E-state index contributed by atoms with van der Waals surface area (Å²) in [7, 11) is 0. The fourth-order valence-corrected chi connectivity index (χ4v) is 2.95. The maximum atomic E-state index is 12.4. The summed E-state index contributed by atoms with van der Waals surface area (Å²) in [5.74, 6) is 1.53. The van der Waals surface area contributed by atoms with Crippen molar-refractivity contribution in [2.45, 2.75) is 0 Å². The van der Waals surface area contributed by atoms with Crippen molar-refractivity contribution in [1.29, 1.82) is 0 Å². The lowest BCUT2D eigenvalue weighted by Gasteiger charge is -2.32. The second-order valence-corrected chi connectivity index (χ2v) is 6.21. The van der Waals surface area contributed by atoms with Gasteiger partial charge in [-0.25, -0.2) is 9.97 Å². The molecule has 140 valence electrons. The smallest absolute Gasteiger partial charge is 0.258 e. The zero-order chi connectivity index (χ0) is 18.6. The SMILES string of the molecule is O=CN1CCN(c2ncc(C(=O)Nc3ccc4c(c3)OCCO4)cn2)CC1. The summed E-state index contributed by atoms with van der Waals surface area (Å²) in [6.07, 6.45) is 3.85. The van der Waals surface area contributed by atoms with E-state index in [0.29, 0.717) is 68.1 Å². The lowest BCUT2D eigenvalue weighted by Crippen LogP contribution is -2.46. The molecule has 0 unspecified atom stereocenters. The lowest BCUT2D eigenvalue weighted by molar-refractivity contribution is -0.118. The fourth-order valence-electron chi connectivity index (χ4n) is 2.95. The summed E-state index contributed by atoms with van der Waals surface area (Å²) in [6, 6.07) is 5.25. The van der Waals surface area contributed by atoms with Crippen molar-refractivity contribution in [2.24, 2.45) is 0 Å². The van der Waals surface area contributed by atoms with Crippen LogP contribution in [0.4, 0.5) is 11.6 Å². The first-order chi connectivity index (χ1) is 13.2. The van der Waals surface area contributed by atoms with Crippen molar-refractivity contribution in [3.8, 4) is 11.5 Å². The first kappa shape index (κ1) is 17.1. The summed E-state index contributed by atoms with van der Waals surface area (Å²) in [5, 5.41) is 2.81. The van der Waals surface area contributed by atoms with E-state index in [1.165, 1.54) is 12.4 Å². The molecule has 1 N–H and O–H groups in total. The van der Waals surface area contributed by atoms with E-state index in [9.17, 15) is 9.59 Å². The Bertz CT molecular complexity index is 834. The van der Waals surface area contributed by atoms with Crippen LogP contribution in [0.5, 0.6) is 11.5 Å². The molecule has 2 aliphatic heterocycles. The zero-order valence-electron chi connectivity index (χ0n) is 14.6. The minimum absolute atomic E-state index is 0.302. The summed E-state index contributed by atoms with van der Waals surface area (Å²) in [5.41, 5.74) is 0.971. The van der Waals surface area contributed by atoms with Crippen molar-refractivity contribution >= 4 is 24.0 Å². The summed E-state index contributed by atoms with van der Waals surface area (Å²) in [6.45, 7) is 3.62. The van der Waals surface area contributed by atoms with Gasteiger partial charge in [-0.15, -0.1) is 0 Å². The number of hydrogen-bond donors (Lipinski definition) is 1. The predicted octanol–water partition coefficient (Wildman–Crippen LogP) is 0.778. The third-order valence-corrected chi connectivity index (χ3v) is 4.45. The largest absolute Gasteiger partial charge is 0.486 e. The van der Waals surface area contributed by atoms with E-state index < -0.39 is 0 Å². The molecule has 1 aromatic carbocycles. The van der Waals surface area contributed by atoms with Gasteiger partial charge in [0.2, 0.25) is 12.4 Å². The number of nitrogens with zero attached hydrogens (tertiary/aromatic N) is 4. The number of fused-ring (bicyclic) bond motifs is 1. The van der Waals surface area contributed by atoms with E-state index in [1.54, 1.807) is 23.1 Å². The molecular weight excluding hydrogens is 350 g/mol. The quantitative estimate of drug-likeness (QED) is 0.796. The monoisotopic (exact) mass is 369 g/mol. The first-order valence-corrected chi connectivity index (χ1v) is 8.70. The van der Waals surface area contributed by atoms with Gasteiger partial charge in [0, 0.05) is 50.3 Å². The fraction of sp³-hybridized carbons (Fsp3) is 0.333. The number of carbonyl (C=O) groups excluding carboxylic acids is 2. The molecule has 27 heavy (non-hydrogen) atoms. The summed E-state index contributed by atoms with van der Waals surface area (Å²) >= 11 is 0. The van der Waals surface area contributed by atoms with Crippen LogP contribution >= 0.6 is 0 Å². The van der Waals surface area contributed by atoms with Crippen molar-refractivity contribution in [3.63, 3.8) is 0 Å². The van der Waals surface area contributed by atoms with Crippen molar-refractivity contribution in [2.75, 3.05) is 49.6 Å². The van der Waals surface area contributed by atoms with Gasteiger partial charge in [0.15, 0.2) is 11.5 Å². The van der Waals surface area contributed by atoms with Gasteiger partial charge in [-0.1, -0.05) is 0 Å². The maximum absolute atomic E-state index is 12.4. The molecule has 9 heteroatoms. The maximum Gasteiger partial charge on any atom is 0.258 e. The lowest BCUT2D eigenvalue weighted by atomic mass is 10.2. The Kier molecular flexibility index (Phi) is 4.73. The highest BCUT2D eigenvalue weighted by molar-refractivity contribution is 6.04. The first-order valence-electron chi connectivity index (χ1n) is 8.70. The molecule has 1 saturated heterocycles. The van der Waals surface area contributed by atoms with Crippen molar-refractivity contribution in [1.82, 2.24) is 14.9 Å². The zero-order valence-corrected chi connectivity index (χ0v) is 14.6. The molecule has 1 aromatic heterocycles. The van der Waals surface area contributed by atoms with Gasteiger partial charge in [-0.3, -0.25) is 9.59 Å². The molecule has 0 spiro atoms. The average Bonchev–Trinajstić information content (AvgIpc) is 2.74. The normalized spacial score (nSPS) is 16.0. The molecule has 2 aromatic rings. The number of nitrogens with one attached hydrogen (secondary N) is 1. The van der Waals surface area contributed by atoms with Gasteiger partial charge in [0.05, 0.1) is 5.56 Å². The molecule has 1 fully saturated rings. The van der Waals surface area contributed by atoms with Crippen LogP contribution in [0.1, 0.15) is 10.4 Å². The average molecular weight is 369 g/mol. The highest BCUT2D eigenvalue weighted by atomic mass is 16.6. The standard InChI is InChI=1S/C18H19N5O4/c24-12-22-3-5-23(6-4-22)18-19-10-13(11-20-18)17(25)21-14-1-2-15-16(9-14)27-8-7-26-15/h1-2,9-12H,3-8H2,(H,21,25). The number of aromatic nitrogens is 2. The van der Waals surface area contributed by atoms with E-state index in [-0.39, 0.29) is 5.91 Å². The molecule has 0 aliphatic carbocycles. The molecule has 0 radical (unpaired) electrons. The number of rotatable bonds is 4. The molecule has 0 bridgehead atoms. The highest BCUT2D eigenvalue weighted by Crippen LogP contribution is 2.32. The van der Waals surface area contributed by atoms with E-state index in [0.717, 1.165) is 6.41 Å². The van der Waals surface area contributed by atoms with Gasteiger partial charge < -0.3 is 24.6 Å². The Hall–Kier alpha value is -3.36. The Labute approximate surface area is 155 Å². The topological polar surface area (TPSA) is 96.9 Å². The predicted molar refractivity (Wildman–Crippen MR) is 97.3 cm³/mol. The van der Waals surface area contributed by atoms with E-state index in [2.05, 4.69) is 15.3 Å². The molecule has 4 rings (SSSR count). The van der Waals surface area contributed by atoms with Gasteiger partial charge in [-0.05, 0) is 12.1 Å². The molecule has 0 saturated carbocycles. The number of anilines is 2. The molecule has 3 heterocycles. The number of piperazine rings is 1. The van der Waals surface area contributed by atoms with Crippen LogP contribution in [0.15, 0.2) is 30.6 Å². The Morgan fingerprint density at radius 1 is 1.04 bits per heavy atom. The second-order valence-electron chi connectivity index (χ2n) is 6.21. The Morgan fingerprint density at radius 3 is 2.44 bits per heavy atom. The highest BCUT2D eigenvalue weighted by Gasteiger charge is 2.18. The van der Waals surface area contributed by atoms with Crippen molar-refractivity contribution in [3.05, 3.63) is 36.2 Å². The van der Waals surface area contributed by atoms with Crippen LogP contribution in [0, 0.1) is 0 Å². The Morgan fingerprint density at radius 2 is 1.74 bits per heavy atom. The van der Waals surface area contributed by atoms with Crippen LogP contribution in [0.2, 0.25) is 0 Å². The summed E-state index contributed by atoms with van der Waals surface area (Å²) in [4.78, 5) is 35.5. The van der Waals surface area contributed by atoms with Crippen LogP contribution < -0.4 is 19.7 Å². The molecule has 0 atom stereocenters. The number of hydrogen-bond acceptors (Lipinski definition) is 7. The van der Waals surface area contributed by atoms with Crippen molar-refractivity contribution < 1.29 is 19.1 Å². The van der Waals surface area contributed by atoms with E-state index >= 15 is 0 Å². The minimum Gasteiger partial charge on any atom is -0.486 e. The van der Waals surface area contributed by atoms with Gasteiger partial charge >= 0.3 is 0 Å². The van der Waals surface area contributed by atoms with E-state index in [1.807, 2.05) is 4.90 Å². The third kappa shape index (κ3) is 3.76. The second kappa shape index (κ2) is 7.48. The molecule has 2 amide bonds. The van der Waals surface area contributed by atoms with Crippen LogP contribution in [-0.4, -0.2) is 66.6 Å². The Balaban J connectivity index is 1.40. The van der Waals surface area contributed by atoms with Crippen LogP contribution in [-0.2, 0) is 4.79 Å². The molecule has 2 aliphatic rings. The number of carbonyl (C=O) groups is 2. The van der Waals surface area contributed by atoms with Crippen LogP contribution in [0.25, 0.3) is 0 Å². The molecule has 9 nitrogen and oxygen atoms in total.